The summed E-state index contributed by atoms with van der Waals surface area (Å²) in [4.78, 5) is 24.0. The summed E-state index contributed by atoms with van der Waals surface area (Å²) in [5, 5.41) is 5.34. The lowest BCUT2D eigenvalue weighted by atomic mass is 9.95. The molecular weight excluding hydrogens is 284 g/mol. The van der Waals surface area contributed by atoms with Crippen LogP contribution in [0.25, 0.3) is 21.7 Å². The van der Waals surface area contributed by atoms with Crippen molar-refractivity contribution >= 4 is 21.6 Å². The van der Waals surface area contributed by atoms with Crippen LogP contribution in [-0.4, -0.2) is 28.0 Å². The first-order valence-corrected chi connectivity index (χ1v) is 7.82. The lowest BCUT2D eigenvalue weighted by molar-refractivity contribution is 0.347. The van der Waals surface area contributed by atoms with Gasteiger partial charge >= 0.3 is 0 Å². The summed E-state index contributed by atoms with van der Waals surface area (Å²) in [6, 6.07) is 5.59. The Morgan fingerprint density at radius 1 is 1.33 bits per heavy atom. The summed E-state index contributed by atoms with van der Waals surface area (Å²) in [6.45, 7) is 2.10. The van der Waals surface area contributed by atoms with Crippen molar-refractivity contribution in [3.05, 3.63) is 45.7 Å². The second-order valence-corrected chi connectivity index (χ2v) is 6.18. The number of thiophene rings is 1. The number of hydrogen-bond acceptors (Lipinski definition) is 5. The largest absolute Gasteiger partial charge is 0.316 e. The summed E-state index contributed by atoms with van der Waals surface area (Å²) in [5.74, 6) is 1.20. The Labute approximate surface area is 125 Å². The maximum absolute atomic E-state index is 12.2. The summed E-state index contributed by atoms with van der Waals surface area (Å²) in [7, 11) is 0. The fourth-order valence-electron chi connectivity index (χ4n) is 2.55. The van der Waals surface area contributed by atoms with Crippen molar-refractivity contribution < 1.29 is 0 Å². The fraction of sp³-hybridized carbons (Fsp3) is 0.267. The first-order chi connectivity index (χ1) is 10.3. The number of rotatable bonds is 3. The van der Waals surface area contributed by atoms with E-state index >= 15 is 0 Å². The molecule has 2 N–H and O–H groups in total. The molecule has 106 valence electrons. The highest BCUT2D eigenvalue weighted by molar-refractivity contribution is 7.17. The van der Waals surface area contributed by atoms with E-state index in [1.54, 1.807) is 6.20 Å². The number of aromatic nitrogens is 3. The smallest absolute Gasteiger partial charge is 0.269 e. The number of nitrogens with zero attached hydrogens (tertiary/aromatic N) is 2. The van der Waals surface area contributed by atoms with Gasteiger partial charge in [0.15, 0.2) is 5.82 Å². The highest BCUT2D eigenvalue weighted by Gasteiger charge is 2.20. The maximum Gasteiger partial charge on any atom is 0.269 e. The van der Waals surface area contributed by atoms with E-state index in [0.29, 0.717) is 22.1 Å². The molecule has 1 saturated heterocycles. The van der Waals surface area contributed by atoms with E-state index in [1.165, 1.54) is 16.9 Å². The molecule has 0 amide bonds. The lowest BCUT2D eigenvalue weighted by Gasteiger charge is -2.26. The third kappa shape index (κ3) is 2.26. The second kappa shape index (κ2) is 5.05. The van der Waals surface area contributed by atoms with Crippen LogP contribution in [0.5, 0.6) is 0 Å². The minimum Gasteiger partial charge on any atom is -0.316 e. The third-order valence-corrected chi connectivity index (χ3v) is 4.80. The number of hydrogen-bond donors (Lipinski definition) is 2. The molecule has 0 bridgehead atoms. The van der Waals surface area contributed by atoms with E-state index in [9.17, 15) is 4.79 Å². The first kappa shape index (κ1) is 12.7. The molecular formula is C15H14N4OS. The molecule has 4 rings (SSSR count). The minimum atomic E-state index is -0.0800. The fourth-order valence-corrected chi connectivity index (χ4v) is 3.46. The molecule has 4 heterocycles. The Morgan fingerprint density at radius 3 is 2.95 bits per heavy atom. The van der Waals surface area contributed by atoms with Crippen LogP contribution >= 0.6 is 11.3 Å². The molecule has 3 aromatic heterocycles. The predicted octanol–water partition coefficient (Wildman–Crippen LogP) is 1.81. The van der Waals surface area contributed by atoms with E-state index in [0.717, 1.165) is 25.0 Å². The highest BCUT2D eigenvalue weighted by atomic mass is 32.1. The van der Waals surface area contributed by atoms with Crippen LogP contribution in [0.3, 0.4) is 0 Å². The molecule has 3 aromatic rings. The number of aromatic amines is 1. The van der Waals surface area contributed by atoms with Crippen molar-refractivity contribution in [2.45, 2.75) is 6.42 Å². The van der Waals surface area contributed by atoms with Crippen molar-refractivity contribution in [3.63, 3.8) is 0 Å². The van der Waals surface area contributed by atoms with Gasteiger partial charge < -0.3 is 10.3 Å². The van der Waals surface area contributed by atoms with E-state index in [2.05, 4.69) is 25.6 Å². The van der Waals surface area contributed by atoms with Crippen molar-refractivity contribution in [2.75, 3.05) is 13.1 Å². The number of nitrogens with one attached hydrogen (secondary N) is 2. The Kier molecular flexibility index (Phi) is 3.05. The summed E-state index contributed by atoms with van der Waals surface area (Å²) in [6.07, 6.45) is 2.68. The maximum atomic E-state index is 12.2. The third-order valence-electron chi connectivity index (χ3n) is 3.78. The van der Waals surface area contributed by atoms with Crippen LogP contribution in [0.2, 0.25) is 0 Å². The number of pyridine rings is 1. The van der Waals surface area contributed by atoms with Gasteiger partial charge in [0.1, 0.15) is 10.4 Å². The summed E-state index contributed by atoms with van der Waals surface area (Å²) in [5.41, 5.74) is 2.61. The van der Waals surface area contributed by atoms with Crippen LogP contribution in [0.4, 0.5) is 0 Å². The zero-order chi connectivity index (χ0) is 14.2. The van der Waals surface area contributed by atoms with Gasteiger partial charge in [-0.25, -0.2) is 4.98 Å². The minimum absolute atomic E-state index is 0.0800. The zero-order valence-electron chi connectivity index (χ0n) is 11.3. The molecule has 1 aliphatic rings. The molecule has 0 radical (unpaired) electrons. The Balaban J connectivity index is 1.83. The Hall–Kier alpha value is -2.05. The number of H-pyrrole nitrogens is 1. The van der Waals surface area contributed by atoms with Crippen molar-refractivity contribution in [1.82, 2.24) is 20.3 Å². The van der Waals surface area contributed by atoms with Crippen molar-refractivity contribution in [3.8, 4) is 11.5 Å². The molecule has 5 nitrogen and oxygen atoms in total. The van der Waals surface area contributed by atoms with Gasteiger partial charge in [-0.3, -0.25) is 9.78 Å². The van der Waals surface area contributed by atoms with Crippen LogP contribution < -0.4 is 10.9 Å². The molecule has 1 fully saturated rings. The van der Waals surface area contributed by atoms with Crippen molar-refractivity contribution in [2.24, 2.45) is 5.92 Å². The topological polar surface area (TPSA) is 70.7 Å². The number of fused-ring (bicyclic) bond motifs is 1. The van der Waals surface area contributed by atoms with Gasteiger partial charge in [-0.15, -0.1) is 11.3 Å². The normalized spacial score (nSPS) is 15.2. The molecule has 1 aliphatic heterocycles. The predicted molar refractivity (Wildman–Crippen MR) is 83.5 cm³/mol. The van der Waals surface area contributed by atoms with Gasteiger partial charge in [0, 0.05) is 6.20 Å². The van der Waals surface area contributed by atoms with Crippen LogP contribution in [-0.2, 0) is 6.42 Å². The molecule has 21 heavy (non-hydrogen) atoms. The van der Waals surface area contributed by atoms with E-state index < -0.39 is 0 Å². The van der Waals surface area contributed by atoms with Gasteiger partial charge in [-0.1, -0.05) is 6.07 Å². The second-order valence-electron chi connectivity index (χ2n) is 5.30. The quantitative estimate of drug-likeness (QED) is 0.773. The summed E-state index contributed by atoms with van der Waals surface area (Å²) >= 11 is 1.47. The molecule has 0 aliphatic carbocycles. The van der Waals surface area contributed by atoms with Gasteiger partial charge in [-0.05, 0) is 48.5 Å². The van der Waals surface area contributed by atoms with Crippen LogP contribution in [0, 0.1) is 5.92 Å². The first-order valence-electron chi connectivity index (χ1n) is 6.94. The standard InChI is InChI=1S/C15H14N4OS/c20-15-13-12(10(8-21-13)5-9-6-16-7-9)18-14(19-15)11-3-1-2-4-17-11/h1-4,8-9,16H,5-7H2,(H,18,19,20). The van der Waals surface area contributed by atoms with Gasteiger partial charge in [0.25, 0.3) is 5.56 Å². The molecule has 0 spiro atoms. The average Bonchev–Trinajstić information content (AvgIpc) is 2.87. The molecule has 0 unspecified atom stereocenters. The van der Waals surface area contributed by atoms with Gasteiger partial charge in [-0.2, -0.15) is 0 Å². The van der Waals surface area contributed by atoms with E-state index in [-0.39, 0.29) is 5.56 Å². The average molecular weight is 298 g/mol. The zero-order valence-corrected chi connectivity index (χ0v) is 12.1. The lowest BCUT2D eigenvalue weighted by Crippen LogP contribution is -2.43. The Bertz CT molecular complexity index is 836. The van der Waals surface area contributed by atoms with Gasteiger partial charge in [0.05, 0.1) is 5.52 Å². The highest BCUT2D eigenvalue weighted by Crippen LogP contribution is 2.26. The Morgan fingerprint density at radius 2 is 2.24 bits per heavy atom. The molecule has 0 atom stereocenters. The molecule has 0 saturated carbocycles. The van der Waals surface area contributed by atoms with Crippen molar-refractivity contribution in [1.29, 1.82) is 0 Å². The van der Waals surface area contributed by atoms with Gasteiger partial charge in [0.2, 0.25) is 0 Å². The van der Waals surface area contributed by atoms with Crippen LogP contribution in [0.15, 0.2) is 34.6 Å². The monoisotopic (exact) mass is 298 g/mol. The molecule has 6 heteroatoms. The van der Waals surface area contributed by atoms with E-state index in [4.69, 9.17) is 0 Å². The SMILES string of the molecule is O=c1[nH]c(-c2ccccn2)nc2c(CC3CNC3)csc12. The van der Waals surface area contributed by atoms with Crippen LogP contribution in [0.1, 0.15) is 5.56 Å². The summed E-state index contributed by atoms with van der Waals surface area (Å²) < 4.78 is 0.706. The van der Waals surface area contributed by atoms with E-state index in [1.807, 2.05) is 18.2 Å². The molecule has 0 aromatic carbocycles.